The number of hydrogen-bond acceptors (Lipinski definition) is 0. The van der Waals surface area contributed by atoms with Crippen molar-refractivity contribution in [2.45, 2.75) is 19.8 Å². The predicted molar refractivity (Wildman–Crippen MR) is 31.1 cm³/mol. The van der Waals surface area contributed by atoms with Crippen LogP contribution in [0.15, 0.2) is 0 Å². The molecular formula is C4H7BrN+. The average molecular weight is 149 g/mol. The van der Waals surface area contributed by atoms with Crippen LogP contribution in [0.1, 0.15) is 19.8 Å². The molecule has 2 heteroatoms. The Balaban J connectivity index is 2.79. The molecule has 0 aromatic rings. The van der Waals surface area contributed by atoms with E-state index in [2.05, 4.69) is 33.0 Å². The van der Waals surface area contributed by atoms with Crippen molar-refractivity contribution < 1.29 is 0 Å². The highest BCUT2D eigenvalue weighted by atomic mass is 79.9. The first-order valence-electron chi connectivity index (χ1n) is 1.95. The molecule has 0 fully saturated rings. The molecule has 0 saturated carbocycles. The number of unbranched alkanes of at least 4 members (excludes halogenated alkanes) is 1. The van der Waals surface area contributed by atoms with Crippen LogP contribution in [0.3, 0.4) is 0 Å². The van der Waals surface area contributed by atoms with Gasteiger partial charge in [0, 0.05) is 3.87 Å². The third-order valence-electron chi connectivity index (χ3n) is 0.422. The lowest BCUT2D eigenvalue weighted by molar-refractivity contribution is 0.983. The number of halogens is 1. The van der Waals surface area contributed by atoms with Crippen LogP contribution in [-0.2, 0) is 0 Å². The molecule has 0 atom stereocenters. The lowest BCUT2D eigenvalue weighted by Crippen LogP contribution is -1.54. The number of nitrogens with zero attached hydrogens (tertiary/aromatic N) is 1. The van der Waals surface area contributed by atoms with Gasteiger partial charge in [0.25, 0.3) is 6.07 Å². The molecular weight excluding hydrogens is 142 g/mol. The van der Waals surface area contributed by atoms with E-state index in [9.17, 15) is 0 Å². The van der Waals surface area contributed by atoms with Crippen LogP contribution >= 0.6 is 16.1 Å². The van der Waals surface area contributed by atoms with Crippen molar-refractivity contribution in [3.63, 3.8) is 0 Å². The average Bonchev–Trinajstić information content (AvgIpc) is 1.61. The largest absolute Gasteiger partial charge is 0.500 e. The zero-order chi connectivity index (χ0) is 4.83. The third-order valence-corrected chi connectivity index (χ3v) is 0.672. The van der Waals surface area contributed by atoms with Gasteiger partial charge in [-0.1, -0.05) is 6.92 Å². The monoisotopic (exact) mass is 148 g/mol. The summed E-state index contributed by atoms with van der Waals surface area (Å²) in [4.78, 5) is 0. The topological polar surface area (TPSA) is 4.36 Å². The van der Waals surface area contributed by atoms with Crippen molar-refractivity contribution in [1.82, 2.24) is 0 Å². The Bertz CT molecular complexity index is 69.4. The molecule has 0 aromatic carbocycles. The molecule has 0 bridgehead atoms. The van der Waals surface area contributed by atoms with Crippen molar-refractivity contribution in [2.24, 2.45) is 0 Å². The van der Waals surface area contributed by atoms with E-state index < -0.39 is 0 Å². The van der Waals surface area contributed by atoms with Crippen molar-refractivity contribution >= 4 is 16.1 Å². The molecule has 0 aliphatic heterocycles. The predicted octanol–water partition coefficient (Wildman–Crippen LogP) is 2.43. The van der Waals surface area contributed by atoms with Gasteiger partial charge in [-0.3, -0.25) is 0 Å². The van der Waals surface area contributed by atoms with Crippen molar-refractivity contribution in [3.05, 3.63) is 3.87 Å². The second kappa shape index (κ2) is 4.97. The second-order valence-electron chi connectivity index (χ2n) is 0.993. The molecule has 0 spiro atoms. The van der Waals surface area contributed by atoms with Crippen LogP contribution in [0.4, 0.5) is 0 Å². The molecule has 0 unspecified atom stereocenters. The Morgan fingerprint density at radius 2 is 2.50 bits per heavy atom. The van der Waals surface area contributed by atoms with Gasteiger partial charge < -0.3 is 0 Å². The fourth-order valence-corrected chi connectivity index (χ4v) is 0.331. The zero-order valence-corrected chi connectivity index (χ0v) is 5.33. The summed E-state index contributed by atoms with van der Waals surface area (Å²) in [5, 5.41) is 0. The van der Waals surface area contributed by atoms with Gasteiger partial charge in [0.15, 0.2) is 0 Å². The van der Waals surface area contributed by atoms with Crippen molar-refractivity contribution in [3.8, 4) is 6.07 Å². The first-order valence-corrected chi connectivity index (χ1v) is 2.66. The van der Waals surface area contributed by atoms with Crippen LogP contribution < -0.4 is 0 Å². The van der Waals surface area contributed by atoms with E-state index in [4.69, 9.17) is 0 Å². The van der Waals surface area contributed by atoms with E-state index in [0.29, 0.717) is 0 Å². The standard InChI is InChI=1S/C4H7BrN/c1-2-3-4-6-5/h2-3H2,1H3/q+1. The normalized spacial score (nSPS) is 6.33. The summed E-state index contributed by atoms with van der Waals surface area (Å²) in [6.07, 6.45) is 2.07. The molecule has 0 saturated heterocycles. The lowest BCUT2D eigenvalue weighted by atomic mass is 10.4. The van der Waals surface area contributed by atoms with Crippen LogP contribution in [0.5, 0.6) is 0 Å². The summed E-state index contributed by atoms with van der Waals surface area (Å²) in [5.41, 5.74) is 0. The van der Waals surface area contributed by atoms with Gasteiger partial charge in [0.05, 0.1) is 6.42 Å². The van der Waals surface area contributed by atoms with E-state index in [0.717, 1.165) is 12.8 Å². The maximum Gasteiger partial charge on any atom is 0.500 e. The van der Waals surface area contributed by atoms with Crippen LogP contribution in [0, 0.1) is 6.07 Å². The smallest absolute Gasteiger partial charge is 0.0642 e. The van der Waals surface area contributed by atoms with Crippen LogP contribution in [0.2, 0.25) is 0 Å². The summed E-state index contributed by atoms with van der Waals surface area (Å²) in [7, 11) is 0. The van der Waals surface area contributed by atoms with Gasteiger partial charge in [-0.2, -0.15) is 0 Å². The fraction of sp³-hybridized carbons (Fsp3) is 0.750. The maximum absolute atomic E-state index is 3.49. The third kappa shape index (κ3) is 3.97. The van der Waals surface area contributed by atoms with Gasteiger partial charge in [-0.15, -0.1) is 0 Å². The summed E-state index contributed by atoms with van der Waals surface area (Å²) < 4.78 is 3.49. The molecule has 0 aliphatic rings. The lowest BCUT2D eigenvalue weighted by Gasteiger charge is -1.61. The maximum atomic E-state index is 3.49. The number of rotatable bonds is 1. The molecule has 34 valence electrons. The van der Waals surface area contributed by atoms with E-state index in [-0.39, 0.29) is 0 Å². The Morgan fingerprint density at radius 3 is 2.67 bits per heavy atom. The molecule has 6 heavy (non-hydrogen) atoms. The second-order valence-corrected chi connectivity index (χ2v) is 1.35. The van der Waals surface area contributed by atoms with E-state index in [1.165, 1.54) is 0 Å². The highest BCUT2D eigenvalue weighted by Gasteiger charge is 1.77. The zero-order valence-electron chi connectivity index (χ0n) is 3.74. The SMILES string of the molecule is CCCC#[N+]Br. The first-order chi connectivity index (χ1) is 2.91. The van der Waals surface area contributed by atoms with Crippen LogP contribution in [0.25, 0.3) is 3.87 Å². The molecule has 0 amide bonds. The van der Waals surface area contributed by atoms with Gasteiger partial charge in [0.1, 0.15) is 0 Å². The Hall–Kier alpha value is -0.0300. The molecule has 0 aliphatic carbocycles. The van der Waals surface area contributed by atoms with Crippen molar-refractivity contribution in [2.75, 3.05) is 0 Å². The fourth-order valence-electron chi connectivity index (χ4n) is 0.154. The first kappa shape index (κ1) is 5.97. The summed E-state index contributed by atoms with van der Waals surface area (Å²) in [6, 6.07) is 2.74. The summed E-state index contributed by atoms with van der Waals surface area (Å²) in [5.74, 6) is 0. The highest BCUT2D eigenvalue weighted by molar-refractivity contribution is 9.10. The van der Waals surface area contributed by atoms with Crippen molar-refractivity contribution in [1.29, 1.82) is 0 Å². The summed E-state index contributed by atoms with van der Waals surface area (Å²) in [6.45, 7) is 2.09. The quantitative estimate of drug-likeness (QED) is 0.539. The van der Waals surface area contributed by atoms with Gasteiger partial charge in [0.2, 0.25) is 0 Å². The van der Waals surface area contributed by atoms with Gasteiger partial charge >= 0.3 is 16.1 Å². The molecule has 0 heterocycles. The van der Waals surface area contributed by atoms with E-state index in [1.807, 2.05) is 0 Å². The van der Waals surface area contributed by atoms with Crippen LogP contribution in [-0.4, -0.2) is 0 Å². The van der Waals surface area contributed by atoms with Gasteiger partial charge in [-0.05, 0) is 6.42 Å². The Labute approximate surface area is 46.5 Å². The molecule has 0 radical (unpaired) electrons. The Morgan fingerprint density at radius 1 is 1.83 bits per heavy atom. The van der Waals surface area contributed by atoms with E-state index in [1.54, 1.807) is 0 Å². The minimum atomic E-state index is 0.950. The minimum absolute atomic E-state index is 0.950. The number of hydrogen-bond donors (Lipinski definition) is 0. The molecule has 0 aromatic heterocycles. The van der Waals surface area contributed by atoms with Gasteiger partial charge in [-0.25, -0.2) is 0 Å². The molecule has 1 nitrogen and oxygen atoms in total. The minimum Gasteiger partial charge on any atom is -0.0642 e. The molecule has 0 rings (SSSR count). The summed E-state index contributed by atoms with van der Waals surface area (Å²) >= 11 is 2.86. The Kier molecular flexibility index (Phi) is 4.95. The highest BCUT2D eigenvalue weighted by Crippen LogP contribution is 1.85. The molecule has 0 N–H and O–H groups in total. The van der Waals surface area contributed by atoms with E-state index >= 15 is 0 Å².